The second-order valence-corrected chi connectivity index (χ2v) is 4.28. The van der Waals surface area contributed by atoms with Crippen molar-refractivity contribution in [2.75, 3.05) is 12.3 Å². The Kier molecular flexibility index (Phi) is 5.81. The highest BCUT2D eigenvalue weighted by Gasteiger charge is 2.11. The van der Waals surface area contributed by atoms with Crippen LogP contribution >= 0.6 is 0 Å². The SMILES string of the molecule is Nc1ccccc1C(=O)NCCCC[C@H](N)C(=O)O. The molecule has 0 unspecified atom stereocenters. The maximum Gasteiger partial charge on any atom is 0.320 e. The van der Waals surface area contributed by atoms with Gasteiger partial charge in [0.25, 0.3) is 5.91 Å². The second kappa shape index (κ2) is 7.38. The molecule has 0 aliphatic carbocycles. The zero-order valence-corrected chi connectivity index (χ0v) is 10.6. The van der Waals surface area contributed by atoms with Crippen LogP contribution in [0.25, 0.3) is 0 Å². The van der Waals surface area contributed by atoms with E-state index in [4.69, 9.17) is 16.6 Å². The van der Waals surface area contributed by atoms with Crippen LogP contribution in [0, 0.1) is 0 Å². The number of para-hydroxylation sites is 1. The Hall–Kier alpha value is -2.08. The molecule has 104 valence electrons. The van der Waals surface area contributed by atoms with Crippen LogP contribution in [0.4, 0.5) is 5.69 Å². The first-order valence-electron chi connectivity index (χ1n) is 6.13. The molecule has 6 heteroatoms. The van der Waals surface area contributed by atoms with E-state index in [1.54, 1.807) is 24.3 Å². The topological polar surface area (TPSA) is 118 Å². The summed E-state index contributed by atoms with van der Waals surface area (Å²) >= 11 is 0. The summed E-state index contributed by atoms with van der Waals surface area (Å²) in [4.78, 5) is 22.2. The second-order valence-electron chi connectivity index (χ2n) is 4.28. The number of carboxylic acids is 1. The number of nitrogens with two attached hydrogens (primary N) is 2. The fourth-order valence-electron chi connectivity index (χ4n) is 1.61. The van der Waals surface area contributed by atoms with Gasteiger partial charge in [0.1, 0.15) is 6.04 Å². The summed E-state index contributed by atoms with van der Waals surface area (Å²) < 4.78 is 0. The van der Waals surface area contributed by atoms with Gasteiger partial charge in [-0.1, -0.05) is 12.1 Å². The maximum atomic E-state index is 11.8. The Morgan fingerprint density at radius 3 is 2.58 bits per heavy atom. The summed E-state index contributed by atoms with van der Waals surface area (Å²) in [6.45, 7) is 0.472. The van der Waals surface area contributed by atoms with Crippen molar-refractivity contribution >= 4 is 17.6 Å². The number of benzene rings is 1. The van der Waals surface area contributed by atoms with Gasteiger partial charge >= 0.3 is 5.97 Å². The van der Waals surface area contributed by atoms with Gasteiger partial charge in [-0.3, -0.25) is 9.59 Å². The number of unbranched alkanes of at least 4 members (excludes halogenated alkanes) is 1. The molecule has 0 heterocycles. The molecule has 0 bridgehead atoms. The number of carbonyl (C=O) groups is 2. The molecule has 0 radical (unpaired) electrons. The molecule has 6 N–H and O–H groups in total. The van der Waals surface area contributed by atoms with Crippen LogP contribution in [0.5, 0.6) is 0 Å². The van der Waals surface area contributed by atoms with Crippen LogP contribution in [0.3, 0.4) is 0 Å². The number of carbonyl (C=O) groups excluding carboxylic acids is 1. The van der Waals surface area contributed by atoms with Crippen molar-refractivity contribution in [1.29, 1.82) is 0 Å². The Morgan fingerprint density at radius 1 is 1.26 bits per heavy atom. The van der Waals surface area contributed by atoms with Gasteiger partial charge < -0.3 is 21.9 Å². The zero-order chi connectivity index (χ0) is 14.3. The number of carboxylic acid groups (broad SMARTS) is 1. The standard InChI is InChI=1S/C13H19N3O3/c14-10-6-2-1-5-9(10)12(17)16-8-4-3-7-11(15)13(18)19/h1-2,5-6,11H,3-4,7-8,14-15H2,(H,16,17)(H,18,19)/t11-/m0/s1. The highest BCUT2D eigenvalue weighted by atomic mass is 16.4. The highest BCUT2D eigenvalue weighted by molar-refractivity contribution is 5.98. The molecular formula is C13H19N3O3. The first kappa shape index (κ1) is 15.0. The summed E-state index contributed by atoms with van der Waals surface area (Å²) in [5, 5.41) is 11.3. The van der Waals surface area contributed by atoms with Crippen LogP contribution in [-0.2, 0) is 4.79 Å². The molecule has 1 amide bonds. The van der Waals surface area contributed by atoms with Crippen molar-refractivity contribution < 1.29 is 14.7 Å². The van der Waals surface area contributed by atoms with Crippen LogP contribution in [0.1, 0.15) is 29.6 Å². The third-order valence-electron chi connectivity index (χ3n) is 2.75. The fraction of sp³-hybridized carbons (Fsp3) is 0.385. The number of anilines is 1. The third kappa shape index (κ3) is 4.97. The minimum atomic E-state index is -0.999. The number of aliphatic carboxylic acids is 1. The van der Waals surface area contributed by atoms with Crippen molar-refractivity contribution in [3.05, 3.63) is 29.8 Å². The molecule has 19 heavy (non-hydrogen) atoms. The minimum absolute atomic E-state index is 0.222. The monoisotopic (exact) mass is 265 g/mol. The molecule has 1 atom stereocenters. The summed E-state index contributed by atoms with van der Waals surface area (Å²) in [7, 11) is 0. The average molecular weight is 265 g/mol. The molecule has 6 nitrogen and oxygen atoms in total. The Balaban J connectivity index is 2.25. The van der Waals surface area contributed by atoms with E-state index in [1.165, 1.54) is 0 Å². The normalized spacial score (nSPS) is 11.8. The predicted molar refractivity (Wildman–Crippen MR) is 72.6 cm³/mol. The molecule has 1 aromatic carbocycles. The molecule has 0 saturated heterocycles. The van der Waals surface area contributed by atoms with Gasteiger partial charge in [-0.25, -0.2) is 0 Å². The number of nitrogens with one attached hydrogen (secondary N) is 1. The lowest BCUT2D eigenvalue weighted by Crippen LogP contribution is -2.30. The van der Waals surface area contributed by atoms with Crippen molar-refractivity contribution in [3.63, 3.8) is 0 Å². The van der Waals surface area contributed by atoms with Gasteiger partial charge in [-0.05, 0) is 31.4 Å². The Morgan fingerprint density at radius 2 is 1.95 bits per heavy atom. The van der Waals surface area contributed by atoms with Crippen LogP contribution in [0.15, 0.2) is 24.3 Å². The molecular weight excluding hydrogens is 246 g/mol. The van der Waals surface area contributed by atoms with E-state index in [0.29, 0.717) is 37.1 Å². The molecule has 0 aromatic heterocycles. The number of hydrogen-bond acceptors (Lipinski definition) is 4. The first-order valence-corrected chi connectivity index (χ1v) is 6.13. The Labute approximate surface area is 111 Å². The van der Waals surface area contributed by atoms with Crippen molar-refractivity contribution in [1.82, 2.24) is 5.32 Å². The molecule has 0 fully saturated rings. The third-order valence-corrected chi connectivity index (χ3v) is 2.75. The van der Waals surface area contributed by atoms with Crippen molar-refractivity contribution in [3.8, 4) is 0 Å². The van der Waals surface area contributed by atoms with E-state index < -0.39 is 12.0 Å². The van der Waals surface area contributed by atoms with Crippen molar-refractivity contribution in [2.24, 2.45) is 5.73 Å². The summed E-state index contributed by atoms with van der Waals surface area (Å²) in [5.74, 6) is -1.22. The van der Waals surface area contributed by atoms with E-state index in [9.17, 15) is 9.59 Å². The molecule has 0 spiro atoms. The fourth-order valence-corrected chi connectivity index (χ4v) is 1.61. The van der Waals surface area contributed by atoms with Gasteiger partial charge in [0, 0.05) is 12.2 Å². The summed E-state index contributed by atoms with van der Waals surface area (Å²) in [6, 6.07) is 6.00. The first-order chi connectivity index (χ1) is 9.02. The zero-order valence-electron chi connectivity index (χ0n) is 10.6. The highest BCUT2D eigenvalue weighted by Crippen LogP contribution is 2.09. The minimum Gasteiger partial charge on any atom is -0.480 e. The number of nitrogen functional groups attached to an aromatic ring is 1. The summed E-state index contributed by atoms with van der Waals surface area (Å²) in [5.41, 5.74) is 11.9. The largest absolute Gasteiger partial charge is 0.480 e. The van der Waals surface area contributed by atoms with E-state index in [2.05, 4.69) is 5.32 Å². The van der Waals surface area contributed by atoms with E-state index in [-0.39, 0.29) is 5.91 Å². The maximum absolute atomic E-state index is 11.8. The van der Waals surface area contributed by atoms with E-state index >= 15 is 0 Å². The van der Waals surface area contributed by atoms with Gasteiger partial charge in [-0.2, -0.15) is 0 Å². The van der Waals surface area contributed by atoms with Gasteiger partial charge in [0.15, 0.2) is 0 Å². The van der Waals surface area contributed by atoms with Gasteiger partial charge in [0.2, 0.25) is 0 Å². The molecule has 1 rings (SSSR count). The lowest BCUT2D eigenvalue weighted by Gasteiger charge is -2.08. The number of hydrogen-bond donors (Lipinski definition) is 4. The molecule has 0 saturated carbocycles. The van der Waals surface area contributed by atoms with E-state index in [1.807, 2.05) is 0 Å². The van der Waals surface area contributed by atoms with Gasteiger partial charge in [0.05, 0.1) is 5.56 Å². The van der Waals surface area contributed by atoms with E-state index in [0.717, 1.165) is 0 Å². The number of rotatable bonds is 7. The van der Waals surface area contributed by atoms with Crippen molar-refractivity contribution in [2.45, 2.75) is 25.3 Å². The molecule has 1 aromatic rings. The molecule has 0 aliphatic heterocycles. The smallest absolute Gasteiger partial charge is 0.320 e. The Bertz CT molecular complexity index is 449. The van der Waals surface area contributed by atoms with Gasteiger partial charge in [-0.15, -0.1) is 0 Å². The van der Waals surface area contributed by atoms with Crippen LogP contribution in [-0.4, -0.2) is 29.6 Å². The summed E-state index contributed by atoms with van der Waals surface area (Å²) in [6.07, 6.45) is 1.73. The predicted octanol–water partition coefficient (Wildman–Crippen LogP) is 0.581. The number of amides is 1. The molecule has 0 aliphatic rings. The van der Waals surface area contributed by atoms with Crippen LogP contribution in [0.2, 0.25) is 0 Å². The van der Waals surface area contributed by atoms with Crippen LogP contribution < -0.4 is 16.8 Å². The lowest BCUT2D eigenvalue weighted by atomic mass is 10.1. The quantitative estimate of drug-likeness (QED) is 0.425. The lowest BCUT2D eigenvalue weighted by molar-refractivity contribution is -0.138. The average Bonchev–Trinajstić information content (AvgIpc) is 2.38.